The molecule has 0 atom stereocenters. The van der Waals surface area contributed by atoms with Crippen LogP contribution in [0.15, 0.2) is 82.6 Å². The van der Waals surface area contributed by atoms with E-state index in [1.54, 1.807) is 0 Å². The van der Waals surface area contributed by atoms with Gasteiger partial charge in [-0.25, -0.2) is 37.4 Å². The molecule has 0 saturated carbocycles. The maximum Gasteiger partial charge on any atom is 0.335 e. The van der Waals surface area contributed by atoms with E-state index in [9.17, 15) is 67.2 Å². The maximum atomic E-state index is 13.7. The predicted molar refractivity (Wildman–Crippen MR) is 161 cm³/mol. The quantitative estimate of drug-likeness (QED) is 0.195. The van der Waals surface area contributed by atoms with Crippen LogP contribution < -0.4 is 9.80 Å². The fraction of sp³-hybridized carbons (Fsp3) is 0. The van der Waals surface area contributed by atoms with Gasteiger partial charge in [-0.2, -0.15) is 0 Å². The fourth-order valence-corrected chi connectivity index (χ4v) is 6.67. The number of carboxylic acid groups (broad SMARTS) is 4. The zero-order chi connectivity index (χ0) is 35.7. The summed E-state index contributed by atoms with van der Waals surface area (Å²) in [5.41, 5.74) is -4.25. The normalized spacial score (nSPS) is 13.8. The van der Waals surface area contributed by atoms with Crippen molar-refractivity contribution in [3.8, 4) is 0 Å². The van der Waals surface area contributed by atoms with Crippen molar-refractivity contribution in [1.29, 1.82) is 0 Å². The molecule has 4 aromatic carbocycles. The van der Waals surface area contributed by atoms with Gasteiger partial charge in [-0.05, 0) is 72.8 Å². The summed E-state index contributed by atoms with van der Waals surface area (Å²) in [6.45, 7) is 0. The van der Waals surface area contributed by atoms with Gasteiger partial charge in [0.25, 0.3) is 23.6 Å². The predicted octanol–water partition coefficient (Wildman–Crippen LogP) is 2.91. The van der Waals surface area contributed by atoms with Gasteiger partial charge in [0, 0.05) is 0 Å². The Bertz CT molecular complexity index is 2190. The topological polar surface area (TPSA) is 258 Å². The molecule has 0 fully saturated rings. The zero-order valence-electron chi connectivity index (χ0n) is 24.1. The summed E-state index contributed by atoms with van der Waals surface area (Å²) >= 11 is 0. The monoisotopic (exact) mass is 684 g/mol. The number of carbonyl (C=O) groups is 8. The van der Waals surface area contributed by atoms with Crippen molar-refractivity contribution >= 4 is 68.7 Å². The molecule has 0 bridgehead atoms. The first-order valence-electron chi connectivity index (χ1n) is 13.6. The van der Waals surface area contributed by atoms with Crippen LogP contribution in [0.5, 0.6) is 0 Å². The van der Waals surface area contributed by atoms with Crippen molar-refractivity contribution in [2.45, 2.75) is 9.79 Å². The Hall–Kier alpha value is -7.01. The Morgan fingerprint density at radius 2 is 0.714 bits per heavy atom. The highest BCUT2D eigenvalue weighted by molar-refractivity contribution is 7.91. The number of benzene rings is 4. The average Bonchev–Trinajstić information content (AvgIpc) is 3.47. The third-order valence-corrected chi connectivity index (χ3v) is 9.43. The van der Waals surface area contributed by atoms with E-state index in [2.05, 4.69) is 0 Å². The Kier molecular flexibility index (Phi) is 7.21. The van der Waals surface area contributed by atoms with Crippen LogP contribution in [0.2, 0.25) is 0 Å². The van der Waals surface area contributed by atoms with Gasteiger partial charge in [0.15, 0.2) is 0 Å². The molecule has 0 aliphatic carbocycles. The number of hydrogen-bond donors (Lipinski definition) is 4. The van der Waals surface area contributed by atoms with Crippen LogP contribution in [-0.2, 0) is 9.84 Å². The summed E-state index contributed by atoms with van der Waals surface area (Å²) < 4.78 is 27.4. The van der Waals surface area contributed by atoms with E-state index in [1.165, 1.54) is 0 Å². The van der Waals surface area contributed by atoms with Crippen LogP contribution in [0.1, 0.15) is 82.9 Å². The van der Waals surface area contributed by atoms with E-state index in [0.29, 0.717) is 9.80 Å². The number of amides is 4. The Labute approximate surface area is 272 Å². The lowest BCUT2D eigenvalue weighted by Crippen LogP contribution is -2.29. The summed E-state index contributed by atoms with van der Waals surface area (Å²) in [7, 11) is -4.57. The van der Waals surface area contributed by atoms with Gasteiger partial charge in [-0.3, -0.25) is 19.2 Å². The Balaban J connectivity index is 1.36. The second-order valence-corrected chi connectivity index (χ2v) is 12.5. The van der Waals surface area contributed by atoms with Gasteiger partial charge >= 0.3 is 23.9 Å². The van der Waals surface area contributed by atoms with Crippen LogP contribution in [-0.4, -0.2) is 76.3 Å². The molecule has 2 heterocycles. The number of carboxylic acids is 4. The molecule has 4 N–H and O–H groups in total. The Morgan fingerprint density at radius 1 is 0.429 bits per heavy atom. The minimum atomic E-state index is -4.57. The number of imide groups is 2. The minimum absolute atomic E-state index is 0.267. The molecule has 4 amide bonds. The minimum Gasteiger partial charge on any atom is -0.478 e. The van der Waals surface area contributed by atoms with E-state index >= 15 is 0 Å². The number of carbonyl (C=O) groups excluding carboxylic acids is 4. The fourth-order valence-electron chi connectivity index (χ4n) is 5.35. The maximum absolute atomic E-state index is 13.7. The van der Waals surface area contributed by atoms with Crippen LogP contribution >= 0.6 is 0 Å². The smallest absolute Gasteiger partial charge is 0.335 e. The lowest BCUT2D eigenvalue weighted by atomic mass is 10.1. The van der Waals surface area contributed by atoms with E-state index < -0.39 is 101 Å². The molecule has 49 heavy (non-hydrogen) atoms. The first-order chi connectivity index (χ1) is 23.0. The summed E-state index contributed by atoms with van der Waals surface area (Å²) in [4.78, 5) is 99.3. The second kappa shape index (κ2) is 11.1. The molecule has 17 heteroatoms. The van der Waals surface area contributed by atoms with E-state index in [0.717, 1.165) is 72.8 Å². The molecule has 0 radical (unpaired) electrons. The van der Waals surface area contributed by atoms with Crippen molar-refractivity contribution in [1.82, 2.24) is 0 Å². The third-order valence-electron chi connectivity index (χ3n) is 7.68. The molecule has 244 valence electrons. The summed E-state index contributed by atoms with van der Waals surface area (Å²) in [6.07, 6.45) is 0. The van der Waals surface area contributed by atoms with Gasteiger partial charge in [-0.15, -0.1) is 0 Å². The van der Waals surface area contributed by atoms with Crippen LogP contribution in [0.4, 0.5) is 11.4 Å². The standard InChI is InChI=1S/C32H16N2O14S/c35-25-21-3-1-19(11-23(21)27(37)33(25)17-7-13(29(39)40)5-14(8-17)30(41)42)49(47,48)20-2-4-22-24(12-20)28(38)34(26(22)36)18-9-15(31(43)44)6-16(10-18)32(45)46/h1-12H,(H,39,40)(H,41,42)(H,43,44)(H,45,46). The molecular weight excluding hydrogens is 668 g/mol. The number of rotatable bonds is 8. The average molecular weight is 685 g/mol. The number of nitrogens with zero attached hydrogens (tertiary/aromatic N) is 2. The molecule has 6 rings (SSSR count). The Morgan fingerprint density at radius 3 is 1.00 bits per heavy atom. The first kappa shape index (κ1) is 32.0. The highest BCUT2D eigenvalue weighted by Gasteiger charge is 2.40. The van der Waals surface area contributed by atoms with E-state index in [1.807, 2.05) is 0 Å². The molecule has 4 aromatic rings. The molecule has 2 aliphatic rings. The number of anilines is 2. The van der Waals surface area contributed by atoms with Crippen molar-refractivity contribution < 1.29 is 67.2 Å². The highest BCUT2D eigenvalue weighted by atomic mass is 32.2. The van der Waals surface area contributed by atoms with Crippen molar-refractivity contribution in [3.05, 3.63) is 117 Å². The number of fused-ring (bicyclic) bond motifs is 2. The number of aromatic carboxylic acids is 4. The van der Waals surface area contributed by atoms with Gasteiger partial charge < -0.3 is 20.4 Å². The van der Waals surface area contributed by atoms with E-state index in [-0.39, 0.29) is 22.5 Å². The van der Waals surface area contributed by atoms with Gasteiger partial charge in [-0.1, -0.05) is 0 Å². The third kappa shape index (κ3) is 5.06. The largest absolute Gasteiger partial charge is 0.478 e. The first-order valence-corrected chi connectivity index (χ1v) is 15.0. The summed E-state index contributed by atoms with van der Waals surface area (Å²) in [6, 6.07) is 11.1. The number of sulfone groups is 1. The van der Waals surface area contributed by atoms with Crippen molar-refractivity contribution in [3.63, 3.8) is 0 Å². The molecule has 0 saturated heterocycles. The van der Waals surface area contributed by atoms with Gasteiger partial charge in [0.2, 0.25) is 9.84 Å². The van der Waals surface area contributed by atoms with Gasteiger partial charge in [0.05, 0.1) is 65.7 Å². The SMILES string of the molecule is O=C(O)c1cc(C(=O)O)cc(N2C(=O)c3ccc(S(=O)(=O)c4ccc5c(c4)C(=O)N(c4cc(C(=O)O)cc(C(=O)O)c4)C5=O)cc3C2=O)c1. The molecule has 0 unspecified atom stereocenters. The summed E-state index contributed by atoms with van der Waals surface area (Å²) in [5, 5.41) is 37.6. The molecule has 0 aromatic heterocycles. The lowest BCUT2D eigenvalue weighted by Gasteiger charge is -2.15. The van der Waals surface area contributed by atoms with Crippen molar-refractivity contribution in [2.75, 3.05) is 9.80 Å². The van der Waals surface area contributed by atoms with Crippen LogP contribution in [0.25, 0.3) is 0 Å². The molecule has 2 aliphatic heterocycles. The highest BCUT2D eigenvalue weighted by Crippen LogP contribution is 2.35. The molecule has 0 spiro atoms. The zero-order valence-corrected chi connectivity index (χ0v) is 24.9. The lowest BCUT2D eigenvalue weighted by molar-refractivity contribution is 0.0676. The van der Waals surface area contributed by atoms with Crippen LogP contribution in [0, 0.1) is 0 Å². The second-order valence-electron chi connectivity index (χ2n) is 10.6. The summed E-state index contributed by atoms with van der Waals surface area (Å²) in [5.74, 6) is -10.3. The van der Waals surface area contributed by atoms with Crippen molar-refractivity contribution in [2.24, 2.45) is 0 Å². The van der Waals surface area contributed by atoms with Crippen LogP contribution in [0.3, 0.4) is 0 Å². The number of hydrogen-bond acceptors (Lipinski definition) is 10. The van der Waals surface area contributed by atoms with Gasteiger partial charge in [0.1, 0.15) is 0 Å². The molecule has 16 nitrogen and oxygen atoms in total. The van der Waals surface area contributed by atoms with E-state index in [4.69, 9.17) is 0 Å². The molecular formula is C32H16N2O14S.